The molecular formula is C31H21N. The number of hydrogen-bond acceptors (Lipinski definition) is 1. The Balaban J connectivity index is 1.66. The van der Waals surface area contributed by atoms with E-state index in [1.807, 2.05) is 12.3 Å². The predicted molar refractivity (Wildman–Crippen MR) is 135 cm³/mol. The molecule has 0 spiro atoms. The molecule has 1 nitrogen and oxygen atoms in total. The third-order valence-corrected chi connectivity index (χ3v) is 6.86. The zero-order valence-corrected chi connectivity index (χ0v) is 17.7. The van der Waals surface area contributed by atoms with Gasteiger partial charge in [-0.15, -0.1) is 0 Å². The van der Waals surface area contributed by atoms with E-state index in [1.54, 1.807) is 0 Å². The summed E-state index contributed by atoms with van der Waals surface area (Å²) < 4.78 is 0. The van der Waals surface area contributed by atoms with Crippen LogP contribution in [-0.4, -0.2) is 4.98 Å². The van der Waals surface area contributed by atoms with Crippen LogP contribution < -0.4 is 0 Å². The Kier molecular flexibility index (Phi) is 3.74. The van der Waals surface area contributed by atoms with Gasteiger partial charge < -0.3 is 0 Å². The normalized spacial score (nSPS) is 14.1. The van der Waals surface area contributed by atoms with Gasteiger partial charge in [0.15, 0.2) is 0 Å². The summed E-state index contributed by atoms with van der Waals surface area (Å²) in [7, 11) is 0. The minimum atomic E-state index is 1.08. The van der Waals surface area contributed by atoms with E-state index in [2.05, 4.69) is 91.0 Å². The first kappa shape index (κ1) is 17.7. The Morgan fingerprint density at radius 3 is 2.41 bits per heavy atom. The van der Waals surface area contributed by atoms with Crippen molar-refractivity contribution in [3.8, 4) is 33.4 Å². The number of pyridine rings is 1. The van der Waals surface area contributed by atoms with Crippen molar-refractivity contribution in [2.45, 2.75) is 12.8 Å². The number of fused-ring (bicyclic) bond motifs is 5. The Bertz CT molecular complexity index is 1600. The number of benzene rings is 4. The van der Waals surface area contributed by atoms with E-state index in [9.17, 15) is 0 Å². The number of aromatic nitrogens is 1. The molecule has 0 fully saturated rings. The molecule has 1 heteroatoms. The molecule has 4 aromatic carbocycles. The molecule has 2 aliphatic carbocycles. The maximum atomic E-state index is 4.75. The van der Waals surface area contributed by atoms with Gasteiger partial charge in [0.05, 0.1) is 5.52 Å². The molecule has 5 aromatic rings. The summed E-state index contributed by atoms with van der Waals surface area (Å²) in [5, 5.41) is 3.77. The molecule has 0 atom stereocenters. The maximum absolute atomic E-state index is 4.75. The quantitative estimate of drug-likeness (QED) is 0.262. The first-order valence-electron chi connectivity index (χ1n) is 11.3. The van der Waals surface area contributed by atoms with Crippen molar-refractivity contribution < 1.29 is 0 Å². The lowest BCUT2D eigenvalue weighted by atomic mass is 9.86. The highest BCUT2D eigenvalue weighted by molar-refractivity contribution is 6.25. The van der Waals surface area contributed by atoms with Gasteiger partial charge in [0, 0.05) is 17.0 Å². The molecule has 0 saturated heterocycles. The van der Waals surface area contributed by atoms with Crippen molar-refractivity contribution in [1.29, 1.82) is 0 Å². The highest BCUT2D eigenvalue weighted by atomic mass is 14.6. The summed E-state index contributed by atoms with van der Waals surface area (Å²) in [6.45, 7) is 0. The minimum absolute atomic E-state index is 1.08. The van der Waals surface area contributed by atoms with E-state index >= 15 is 0 Å². The van der Waals surface area contributed by atoms with Gasteiger partial charge in [-0.1, -0.05) is 85.0 Å². The molecular weight excluding hydrogens is 386 g/mol. The third kappa shape index (κ3) is 2.42. The molecule has 0 bridgehead atoms. The van der Waals surface area contributed by atoms with Gasteiger partial charge >= 0.3 is 0 Å². The van der Waals surface area contributed by atoms with Crippen LogP contribution in [-0.2, 0) is 0 Å². The molecule has 7 rings (SSSR count). The van der Waals surface area contributed by atoms with Crippen LogP contribution in [0.3, 0.4) is 0 Å². The lowest BCUT2D eigenvalue weighted by Gasteiger charge is -2.17. The standard InChI is InChI=1S/C31H21N/c1-3-9-20(10-4-1)23-16-17-24(21-11-5-2-6-12-21)30-27-19-22-13-8-18-32-31(22)26-15-7-14-25(28(26)27)29(23)30/h2-3,5-19H,1,4H2. The van der Waals surface area contributed by atoms with Crippen molar-refractivity contribution in [3.63, 3.8) is 0 Å². The second-order valence-corrected chi connectivity index (χ2v) is 8.64. The van der Waals surface area contributed by atoms with Crippen molar-refractivity contribution in [2.24, 2.45) is 0 Å². The summed E-state index contributed by atoms with van der Waals surface area (Å²) >= 11 is 0. The molecule has 1 heterocycles. The first-order chi connectivity index (χ1) is 15.9. The fraction of sp³-hybridized carbons (Fsp3) is 0.0645. The van der Waals surface area contributed by atoms with E-state index in [0.29, 0.717) is 0 Å². The molecule has 0 radical (unpaired) electrons. The first-order valence-corrected chi connectivity index (χ1v) is 11.3. The maximum Gasteiger partial charge on any atom is 0.0780 e. The average molecular weight is 408 g/mol. The molecule has 0 N–H and O–H groups in total. The predicted octanol–water partition coefficient (Wildman–Crippen LogP) is 8.44. The number of allylic oxidation sites excluding steroid dienone is 4. The summed E-state index contributed by atoms with van der Waals surface area (Å²) in [4.78, 5) is 4.75. The van der Waals surface area contributed by atoms with Crippen LogP contribution in [0.1, 0.15) is 18.4 Å². The Hall–Kier alpha value is -3.97. The smallest absolute Gasteiger partial charge is 0.0780 e. The average Bonchev–Trinajstić information content (AvgIpc) is 3.20. The summed E-state index contributed by atoms with van der Waals surface area (Å²) in [6.07, 6.45) is 11.1. The van der Waals surface area contributed by atoms with Crippen LogP contribution in [0.15, 0.2) is 103 Å². The van der Waals surface area contributed by atoms with Gasteiger partial charge in [-0.3, -0.25) is 4.98 Å². The largest absolute Gasteiger partial charge is 0.256 e. The monoisotopic (exact) mass is 407 g/mol. The van der Waals surface area contributed by atoms with E-state index in [4.69, 9.17) is 4.98 Å². The van der Waals surface area contributed by atoms with Crippen molar-refractivity contribution >= 4 is 27.2 Å². The third-order valence-electron chi connectivity index (χ3n) is 6.86. The Labute approximate surface area is 187 Å². The molecule has 0 amide bonds. The zero-order chi connectivity index (χ0) is 21.1. The molecule has 0 aliphatic heterocycles. The zero-order valence-electron chi connectivity index (χ0n) is 17.7. The Morgan fingerprint density at radius 2 is 1.53 bits per heavy atom. The topological polar surface area (TPSA) is 12.9 Å². The summed E-state index contributed by atoms with van der Waals surface area (Å²) in [5.74, 6) is 0. The fourth-order valence-electron chi connectivity index (χ4n) is 5.51. The van der Waals surface area contributed by atoms with Gasteiger partial charge in [0.25, 0.3) is 0 Å². The van der Waals surface area contributed by atoms with Crippen LogP contribution in [0.5, 0.6) is 0 Å². The highest BCUT2D eigenvalue weighted by Gasteiger charge is 2.28. The second-order valence-electron chi connectivity index (χ2n) is 8.64. The van der Waals surface area contributed by atoms with Crippen LogP contribution in [0.2, 0.25) is 0 Å². The number of hydrogen-bond donors (Lipinski definition) is 0. The van der Waals surface area contributed by atoms with Crippen LogP contribution in [0.4, 0.5) is 0 Å². The lowest BCUT2D eigenvalue weighted by Crippen LogP contribution is -1.93. The molecule has 1 aromatic heterocycles. The van der Waals surface area contributed by atoms with Crippen LogP contribution in [0.25, 0.3) is 60.6 Å². The van der Waals surface area contributed by atoms with Gasteiger partial charge in [-0.05, 0) is 74.9 Å². The van der Waals surface area contributed by atoms with Gasteiger partial charge in [0.1, 0.15) is 0 Å². The molecule has 2 aliphatic rings. The molecule has 32 heavy (non-hydrogen) atoms. The fourth-order valence-corrected chi connectivity index (χ4v) is 5.51. The minimum Gasteiger partial charge on any atom is -0.256 e. The Morgan fingerprint density at radius 1 is 0.656 bits per heavy atom. The number of rotatable bonds is 2. The van der Waals surface area contributed by atoms with Crippen molar-refractivity contribution in [2.75, 3.05) is 0 Å². The van der Waals surface area contributed by atoms with Gasteiger partial charge in [-0.2, -0.15) is 0 Å². The molecule has 0 saturated carbocycles. The number of nitrogens with zero attached hydrogens (tertiary/aromatic N) is 1. The molecule has 0 unspecified atom stereocenters. The van der Waals surface area contributed by atoms with E-state index in [0.717, 1.165) is 18.4 Å². The van der Waals surface area contributed by atoms with Crippen LogP contribution in [0, 0.1) is 0 Å². The van der Waals surface area contributed by atoms with E-state index in [1.165, 1.54) is 60.7 Å². The van der Waals surface area contributed by atoms with Gasteiger partial charge in [0.2, 0.25) is 0 Å². The molecule has 150 valence electrons. The summed E-state index contributed by atoms with van der Waals surface area (Å²) in [6, 6.07) is 28.7. The van der Waals surface area contributed by atoms with Crippen LogP contribution >= 0.6 is 0 Å². The van der Waals surface area contributed by atoms with Crippen molar-refractivity contribution in [3.05, 3.63) is 109 Å². The van der Waals surface area contributed by atoms with E-state index in [-0.39, 0.29) is 0 Å². The SMILES string of the molecule is C1=CC(c2ccc(-c3ccccc3)c3c2-c2cccc4c2c-3cc2cccnc24)=CCC1. The van der Waals surface area contributed by atoms with Crippen molar-refractivity contribution in [1.82, 2.24) is 4.98 Å². The van der Waals surface area contributed by atoms with Gasteiger partial charge in [-0.25, -0.2) is 0 Å². The highest BCUT2D eigenvalue weighted by Crippen LogP contribution is 2.54. The lowest BCUT2D eigenvalue weighted by molar-refractivity contribution is 1.04. The summed E-state index contributed by atoms with van der Waals surface area (Å²) in [5.41, 5.74) is 11.7. The second kappa shape index (κ2) is 6.77. The van der Waals surface area contributed by atoms with E-state index < -0.39 is 0 Å².